The predicted molar refractivity (Wildman–Crippen MR) is 62.0 cm³/mol. The van der Waals surface area contributed by atoms with Gasteiger partial charge in [0.05, 0.1) is 30.6 Å². The summed E-state index contributed by atoms with van der Waals surface area (Å²) in [5.41, 5.74) is 5.59. The molecule has 1 aromatic heterocycles. The van der Waals surface area contributed by atoms with Crippen LogP contribution in [0, 0.1) is 0 Å². The standard InChI is InChI=1S/C10H11BrF2N2O2/c1-17-8(16)3-7-9(14)6(10(12)13)2-5(4-11)15-7/h2,10H,3-4,14H2,1H3. The molecule has 0 aliphatic heterocycles. The van der Waals surface area contributed by atoms with E-state index in [1.54, 1.807) is 0 Å². The van der Waals surface area contributed by atoms with Crippen molar-refractivity contribution in [3.8, 4) is 0 Å². The molecule has 94 valence electrons. The molecule has 0 spiro atoms. The fourth-order valence-corrected chi connectivity index (χ4v) is 1.57. The fourth-order valence-electron chi connectivity index (χ4n) is 1.28. The number of nitrogens with two attached hydrogens (primary N) is 1. The van der Waals surface area contributed by atoms with Gasteiger partial charge in [0.25, 0.3) is 6.43 Å². The lowest BCUT2D eigenvalue weighted by molar-refractivity contribution is -0.139. The number of ether oxygens (including phenoxy) is 1. The largest absolute Gasteiger partial charge is 0.469 e. The van der Waals surface area contributed by atoms with Crippen LogP contribution >= 0.6 is 15.9 Å². The molecular formula is C10H11BrF2N2O2. The Kier molecular flexibility index (Phi) is 4.80. The molecule has 0 bridgehead atoms. The number of pyridine rings is 1. The maximum absolute atomic E-state index is 12.7. The highest BCUT2D eigenvalue weighted by molar-refractivity contribution is 9.08. The molecule has 0 unspecified atom stereocenters. The number of esters is 1. The summed E-state index contributed by atoms with van der Waals surface area (Å²) in [6.07, 6.45) is -2.92. The van der Waals surface area contributed by atoms with Gasteiger partial charge < -0.3 is 10.5 Å². The number of carbonyl (C=O) groups excluding carboxylic acids is 1. The first kappa shape index (κ1) is 13.8. The lowest BCUT2D eigenvalue weighted by Crippen LogP contribution is -2.12. The van der Waals surface area contributed by atoms with Crippen molar-refractivity contribution in [2.45, 2.75) is 18.2 Å². The number of hydrogen-bond acceptors (Lipinski definition) is 4. The zero-order valence-corrected chi connectivity index (χ0v) is 10.6. The van der Waals surface area contributed by atoms with Gasteiger partial charge in [0.1, 0.15) is 0 Å². The van der Waals surface area contributed by atoms with Gasteiger partial charge in [0.15, 0.2) is 0 Å². The quantitative estimate of drug-likeness (QED) is 0.684. The number of methoxy groups -OCH3 is 1. The van der Waals surface area contributed by atoms with Crippen LogP contribution in [0.2, 0.25) is 0 Å². The van der Waals surface area contributed by atoms with Gasteiger partial charge >= 0.3 is 5.97 Å². The average molecular weight is 309 g/mol. The molecule has 0 atom stereocenters. The Balaban J connectivity index is 3.19. The van der Waals surface area contributed by atoms with Crippen molar-refractivity contribution in [1.29, 1.82) is 0 Å². The number of hydrogen-bond donors (Lipinski definition) is 1. The van der Waals surface area contributed by atoms with Gasteiger partial charge in [-0.2, -0.15) is 0 Å². The van der Waals surface area contributed by atoms with E-state index in [1.165, 1.54) is 13.2 Å². The van der Waals surface area contributed by atoms with Gasteiger partial charge in [-0.25, -0.2) is 8.78 Å². The lowest BCUT2D eigenvalue weighted by Gasteiger charge is -2.11. The van der Waals surface area contributed by atoms with Crippen molar-refractivity contribution in [1.82, 2.24) is 4.98 Å². The van der Waals surface area contributed by atoms with E-state index in [0.717, 1.165) is 0 Å². The highest BCUT2D eigenvalue weighted by Crippen LogP contribution is 2.28. The van der Waals surface area contributed by atoms with Crippen LogP contribution in [0.1, 0.15) is 23.4 Å². The molecule has 1 aromatic rings. The van der Waals surface area contributed by atoms with E-state index < -0.39 is 12.4 Å². The van der Waals surface area contributed by atoms with E-state index in [-0.39, 0.29) is 23.4 Å². The Morgan fingerprint density at radius 3 is 2.76 bits per heavy atom. The van der Waals surface area contributed by atoms with Gasteiger partial charge in [-0.05, 0) is 6.07 Å². The van der Waals surface area contributed by atoms with Gasteiger partial charge in [-0.1, -0.05) is 15.9 Å². The molecule has 0 aromatic carbocycles. The van der Waals surface area contributed by atoms with E-state index in [9.17, 15) is 13.6 Å². The van der Waals surface area contributed by atoms with Crippen molar-refractivity contribution < 1.29 is 18.3 Å². The Bertz CT molecular complexity index is 427. The molecule has 7 heteroatoms. The Morgan fingerprint density at radius 2 is 2.29 bits per heavy atom. The predicted octanol–water partition coefficient (Wildman–Crippen LogP) is 2.21. The van der Waals surface area contributed by atoms with Gasteiger partial charge in [-0.3, -0.25) is 9.78 Å². The molecule has 0 saturated heterocycles. The van der Waals surface area contributed by atoms with E-state index in [2.05, 4.69) is 25.7 Å². The molecule has 4 nitrogen and oxygen atoms in total. The zero-order chi connectivity index (χ0) is 13.0. The number of nitrogens with zero attached hydrogens (tertiary/aromatic N) is 1. The van der Waals surface area contributed by atoms with Gasteiger partial charge in [0.2, 0.25) is 0 Å². The molecule has 0 fully saturated rings. The summed E-state index contributed by atoms with van der Waals surface area (Å²) < 4.78 is 29.9. The van der Waals surface area contributed by atoms with Crippen molar-refractivity contribution in [3.63, 3.8) is 0 Å². The maximum atomic E-state index is 12.7. The molecule has 1 rings (SSSR count). The Hall–Kier alpha value is -1.24. The molecule has 1 heterocycles. The normalized spacial score (nSPS) is 10.6. The third-order valence-corrected chi connectivity index (χ3v) is 2.71. The van der Waals surface area contributed by atoms with Crippen LogP contribution in [0.4, 0.5) is 14.5 Å². The summed E-state index contributed by atoms with van der Waals surface area (Å²) in [5, 5.41) is 0.307. The third-order valence-electron chi connectivity index (χ3n) is 2.13. The van der Waals surface area contributed by atoms with Crippen LogP contribution in [-0.2, 0) is 21.3 Å². The first-order valence-electron chi connectivity index (χ1n) is 4.68. The van der Waals surface area contributed by atoms with E-state index in [1.807, 2.05) is 0 Å². The number of alkyl halides is 3. The molecule has 0 aliphatic rings. The van der Waals surface area contributed by atoms with Crippen LogP contribution in [0.5, 0.6) is 0 Å². The van der Waals surface area contributed by atoms with Gasteiger partial charge in [-0.15, -0.1) is 0 Å². The maximum Gasteiger partial charge on any atom is 0.311 e. The fraction of sp³-hybridized carbons (Fsp3) is 0.400. The van der Waals surface area contributed by atoms with Crippen molar-refractivity contribution in [2.24, 2.45) is 0 Å². The van der Waals surface area contributed by atoms with E-state index in [0.29, 0.717) is 11.0 Å². The first-order valence-corrected chi connectivity index (χ1v) is 5.80. The van der Waals surface area contributed by atoms with Crippen LogP contribution in [0.25, 0.3) is 0 Å². The highest BCUT2D eigenvalue weighted by atomic mass is 79.9. The molecule has 0 saturated carbocycles. The number of nitrogen functional groups attached to an aromatic ring is 1. The minimum Gasteiger partial charge on any atom is -0.469 e. The number of aromatic nitrogens is 1. The summed E-state index contributed by atoms with van der Waals surface area (Å²) >= 11 is 3.12. The smallest absolute Gasteiger partial charge is 0.311 e. The SMILES string of the molecule is COC(=O)Cc1nc(CBr)cc(C(F)F)c1N. The summed E-state index contributed by atoms with van der Waals surface area (Å²) in [4.78, 5) is 15.1. The van der Waals surface area contributed by atoms with Crippen molar-refractivity contribution in [2.75, 3.05) is 12.8 Å². The Labute approximate surface area is 105 Å². The summed E-state index contributed by atoms with van der Waals surface area (Å²) in [6, 6.07) is 1.22. The van der Waals surface area contributed by atoms with Crippen LogP contribution in [0.3, 0.4) is 0 Å². The molecule has 0 radical (unpaired) electrons. The topological polar surface area (TPSA) is 65.2 Å². The average Bonchev–Trinajstić information content (AvgIpc) is 2.31. The highest BCUT2D eigenvalue weighted by Gasteiger charge is 2.18. The van der Waals surface area contributed by atoms with Crippen LogP contribution in [-0.4, -0.2) is 18.1 Å². The van der Waals surface area contributed by atoms with Crippen LogP contribution < -0.4 is 5.73 Å². The van der Waals surface area contributed by atoms with E-state index in [4.69, 9.17) is 5.73 Å². The molecular weight excluding hydrogens is 298 g/mol. The Morgan fingerprint density at radius 1 is 1.65 bits per heavy atom. The van der Waals surface area contributed by atoms with E-state index >= 15 is 0 Å². The zero-order valence-electron chi connectivity index (χ0n) is 9.04. The first-order chi connectivity index (χ1) is 7.99. The third kappa shape index (κ3) is 3.36. The number of anilines is 1. The molecule has 2 N–H and O–H groups in total. The molecule has 0 amide bonds. The van der Waals surface area contributed by atoms with Crippen molar-refractivity contribution in [3.05, 3.63) is 23.0 Å². The van der Waals surface area contributed by atoms with Crippen molar-refractivity contribution >= 4 is 27.6 Å². The second-order valence-electron chi connectivity index (χ2n) is 3.25. The minimum absolute atomic E-state index is 0.115. The molecule has 0 aliphatic carbocycles. The summed E-state index contributed by atoms with van der Waals surface area (Å²) in [5.74, 6) is -0.573. The second-order valence-corrected chi connectivity index (χ2v) is 3.81. The summed E-state index contributed by atoms with van der Waals surface area (Å²) in [7, 11) is 1.21. The number of halogens is 3. The minimum atomic E-state index is -2.70. The number of rotatable bonds is 4. The van der Waals surface area contributed by atoms with Gasteiger partial charge in [0, 0.05) is 10.9 Å². The second kappa shape index (κ2) is 5.90. The lowest BCUT2D eigenvalue weighted by atomic mass is 10.1. The monoisotopic (exact) mass is 308 g/mol. The molecule has 17 heavy (non-hydrogen) atoms. The number of carbonyl (C=O) groups is 1. The summed E-state index contributed by atoms with van der Waals surface area (Å²) in [6.45, 7) is 0. The van der Waals surface area contributed by atoms with Crippen LogP contribution in [0.15, 0.2) is 6.07 Å².